The van der Waals surface area contributed by atoms with Crippen molar-refractivity contribution in [2.75, 3.05) is 0 Å². The second kappa shape index (κ2) is 4.60. The van der Waals surface area contributed by atoms with Crippen molar-refractivity contribution in [3.05, 3.63) is 29.8 Å². The molecule has 0 saturated heterocycles. The highest BCUT2D eigenvalue weighted by Crippen LogP contribution is 2.48. The lowest BCUT2D eigenvalue weighted by atomic mass is 9.86. The summed E-state index contributed by atoms with van der Waals surface area (Å²) in [6.07, 6.45) is 6.13. The van der Waals surface area contributed by atoms with Crippen LogP contribution < -0.4 is 0 Å². The van der Waals surface area contributed by atoms with Crippen LogP contribution in [0.5, 0.6) is 0 Å². The summed E-state index contributed by atoms with van der Waals surface area (Å²) in [6.45, 7) is 1.94. The molecule has 1 aromatic carbocycles. The third kappa shape index (κ3) is 2.56. The summed E-state index contributed by atoms with van der Waals surface area (Å²) >= 11 is 0. The number of hydrogen-bond donors (Lipinski definition) is 0. The SMILES string of the molecule is Cc1ccc(S(=O)(=O)OC23CCCC(CC2)C3)cc1. The summed E-state index contributed by atoms with van der Waals surface area (Å²) in [5, 5.41) is 0. The van der Waals surface area contributed by atoms with Crippen LogP contribution in [-0.2, 0) is 14.3 Å². The largest absolute Gasteiger partial charge is 0.297 e. The van der Waals surface area contributed by atoms with Crippen LogP contribution in [0.3, 0.4) is 0 Å². The Morgan fingerprint density at radius 2 is 1.89 bits per heavy atom. The summed E-state index contributed by atoms with van der Waals surface area (Å²) in [6, 6.07) is 6.89. The average molecular weight is 280 g/mol. The molecule has 1 aromatic rings. The zero-order valence-electron chi connectivity index (χ0n) is 11.3. The van der Waals surface area contributed by atoms with Gasteiger partial charge in [-0.05, 0) is 50.7 Å². The molecule has 0 spiro atoms. The number of fused-ring (bicyclic) bond motifs is 2. The van der Waals surface area contributed by atoms with E-state index in [2.05, 4.69) is 0 Å². The Bertz CT molecular complexity index is 558. The van der Waals surface area contributed by atoms with Crippen LogP contribution in [0.4, 0.5) is 0 Å². The maximum Gasteiger partial charge on any atom is 0.297 e. The summed E-state index contributed by atoms with van der Waals surface area (Å²) in [5.74, 6) is 0.668. The predicted molar refractivity (Wildman–Crippen MR) is 73.4 cm³/mol. The minimum atomic E-state index is -3.62. The van der Waals surface area contributed by atoms with Gasteiger partial charge in [0.05, 0.1) is 10.5 Å². The van der Waals surface area contributed by atoms with Crippen molar-refractivity contribution < 1.29 is 12.6 Å². The summed E-state index contributed by atoms with van der Waals surface area (Å²) in [5.41, 5.74) is 0.642. The molecule has 2 atom stereocenters. The summed E-state index contributed by atoms with van der Waals surface area (Å²) in [7, 11) is -3.62. The molecule has 0 amide bonds. The van der Waals surface area contributed by atoms with Crippen molar-refractivity contribution in [3.8, 4) is 0 Å². The van der Waals surface area contributed by atoms with Crippen LogP contribution in [0.2, 0.25) is 0 Å². The molecule has 2 saturated carbocycles. The van der Waals surface area contributed by atoms with E-state index in [9.17, 15) is 8.42 Å². The van der Waals surface area contributed by atoms with Gasteiger partial charge in [-0.3, -0.25) is 4.18 Å². The maximum atomic E-state index is 12.4. The van der Waals surface area contributed by atoms with Crippen LogP contribution in [0, 0.1) is 12.8 Å². The van der Waals surface area contributed by atoms with Gasteiger partial charge in [0.1, 0.15) is 0 Å². The normalized spacial score (nSPS) is 30.5. The molecule has 0 aromatic heterocycles. The highest BCUT2D eigenvalue weighted by molar-refractivity contribution is 7.86. The molecule has 2 fully saturated rings. The van der Waals surface area contributed by atoms with E-state index in [1.54, 1.807) is 12.1 Å². The van der Waals surface area contributed by atoms with Crippen molar-refractivity contribution in [1.29, 1.82) is 0 Å². The first-order valence-corrected chi connectivity index (χ1v) is 8.42. The number of benzene rings is 1. The molecule has 104 valence electrons. The van der Waals surface area contributed by atoms with E-state index < -0.39 is 15.7 Å². The number of rotatable bonds is 3. The van der Waals surface area contributed by atoms with Gasteiger partial charge in [-0.1, -0.05) is 30.5 Å². The summed E-state index contributed by atoms with van der Waals surface area (Å²) in [4.78, 5) is 0.279. The zero-order chi connectivity index (χ0) is 13.5. The second-order valence-electron chi connectivity index (χ2n) is 6.03. The van der Waals surface area contributed by atoms with Gasteiger partial charge in [0.15, 0.2) is 0 Å². The molecular formula is C15H20O3S. The van der Waals surface area contributed by atoms with Gasteiger partial charge in [0.25, 0.3) is 10.1 Å². The molecule has 0 aliphatic heterocycles. The fraction of sp³-hybridized carbons (Fsp3) is 0.600. The Labute approximate surface area is 115 Å². The lowest BCUT2D eigenvalue weighted by molar-refractivity contribution is 0.0528. The lowest BCUT2D eigenvalue weighted by Gasteiger charge is -2.32. The van der Waals surface area contributed by atoms with Crippen molar-refractivity contribution in [3.63, 3.8) is 0 Å². The monoisotopic (exact) mass is 280 g/mol. The fourth-order valence-electron chi connectivity index (χ4n) is 3.49. The van der Waals surface area contributed by atoms with Crippen molar-refractivity contribution >= 4 is 10.1 Å². The first-order valence-electron chi connectivity index (χ1n) is 7.02. The predicted octanol–water partition coefficient (Wildman–Crippen LogP) is 3.42. The standard InChI is InChI=1S/C15H20O3S/c1-12-4-6-14(7-5-12)19(16,17)18-15-9-2-3-13(11-15)8-10-15/h4-7,13H,2-3,8-11H2,1H3. The van der Waals surface area contributed by atoms with Gasteiger partial charge < -0.3 is 0 Å². The Balaban J connectivity index is 1.84. The Kier molecular flexibility index (Phi) is 3.18. The van der Waals surface area contributed by atoms with E-state index in [0.29, 0.717) is 5.92 Å². The summed E-state index contributed by atoms with van der Waals surface area (Å²) < 4.78 is 30.4. The van der Waals surface area contributed by atoms with Gasteiger partial charge in [0.2, 0.25) is 0 Å². The smallest absolute Gasteiger partial charge is 0.260 e. The maximum absolute atomic E-state index is 12.4. The molecular weight excluding hydrogens is 260 g/mol. The fourth-order valence-corrected chi connectivity index (χ4v) is 4.75. The van der Waals surface area contributed by atoms with E-state index in [4.69, 9.17) is 4.18 Å². The van der Waals surface area contributed by atoms with Crippen molar-refractivity contribution in [2.45, 2.75) is 55.9 Å². The molecule has 0 radical (unpaired) electrons. The van der Waals surface area contributed by atoms with Crippen LogP contribution in [-0.4, -0.2) is 14.0 Å². The molecule has 2 bridgehead atoms. The van der Waals surface area contributed by atoms with Gasteiger partial charge in [-0.2, -0.15) is 8.42 Å². The van der Waals surface area contributed by atoms with E-state index in [1.165, 1.54) is 6.42 Å². The highest BCUT2D eigenvalue weighted by Gasteiger charge is 2.46. The second-order valence-corrected chi connectivity index (χ2v) is 7.58. The molecule has 4 heteroatoms. The Hall–Kier alpha value is -0.870. The van der Waals surface area contributed by atoms with E-state index in [-0.39, 0.29) is 4.90 Å². The lowest BCUT2D eigenvalue weighted by Crippen LogP contribution is -2.34. The molecule has 0 N–H and O–H groups in total. The van der Waals surface area contributed by atoms with E-state index >= 15 is 0 Å². The van der Waals surface area contributed by atoms with Crippen LogP contribution in [0.25, 0.3) is 0 Å². The minimum absolute atomic E-state index is 0.279. The highest BCUT2D eigenvalue weighted by atomic mass is 32.2. The van der Waals surface area contributed by atoms with E-state index in [1.807, 2.05) is 19.1 Å². The first kappa shape index (κ1) is 13.1. The molecule has 2 aliphatic rings. The molecule has 0 heterocycles. The third-order valence-corrected chi connectivity index (χ3v) is 5.93. The van der Waals surface area contributed by atoms with Crippen LogP contribution in [0.1, 0.15) is 44.1 Å². The minimum Gasteiger partial charge on any atom is -0.260 e. The van der Waals surface area contributed by atoms with E-state index in [0.717, 1.165) is 37.7 Å². The molecule has 3 nitrogen and oxygen atoms in total. The molecule has 2 unspecified atom stereocenters. The van der Waals surface area contributed by atoms with Crippen LogP contribution >= 0.6 is 0 Å². The molecule has 2 aliphatic carbocycles. The van der Waals surface area contributed by atoms with Gasteiger partial charge in [-0.25, -0.2) is 0 Å². The Morgan fingerprint density at radius 3 is 2.63 bits per heavy atom. The quantitative estimate of drug-likeness (QED) is 0.797. The van der Waals surface area contributed by atoms with Gasteiger partial charge >= 0.3 is 0 Å². The van der Waals surface area contributed by atoms with Gasteiger partial charge in [-0.15, -0.1) is 0 Å². The average Bonchev–Trinajstić information content (AvgIpc) is 2.64. The van der Waals surface area contributed by atoms with Gasteiger partial charge in [0, 0.05) is 0 Å². The number of hydrogen-bond acceptors (Lipinski definition) is 3. The topological polar surface area (TPSA) is 43.4 Å². The third-order valence-electron chi connectivity index (χ3n) is 4.51. The number of aryl methyl sites for hydroxylation is 1. The van der Waals surface area contributed by atoms with Crippen LogP contribution in [0.15, 0.2) is 29.2 Å². The Morgan fingerprint density at radius 1 is 1.16 bits per heavy atom. The van der Waals surface area contributed by atoms with Crippen molar-refractivity contribution in [1.82, 2.24) is 0 Å². The van der Waals surface area contributed by atoms with Crippen molar-refractivity contribution in [2.24, 2.45) is 5.92 Å². The zero-order valence-corrected chi connectivity index (χ0v) is 12.1. The first-order chi connectivity index (χ1) is 8.99. The molecule has 3 rings (SSSR count). The molecule has 19 heavy (non-hydrogen) atoms.